The summed E-state index contributed by atoms with van der Waals surface area (Å²) in [5, 5.41) is 0.0577. The van der Waals surface area contributed by atoms with Gasteiger partial charge in [-0.05, 0) is 31.4 Å². The van der Waals surface area contributed by atoms with Crippen molar-refractivity contribution in [2.75, 3.05) is 19.3 Å². The third-order valence-corrected chi connectivity index (χ3v) is 4.36. The Morgan fingerprint density at radius 1 is 1.53 bits per heavy atom. The highest BCUT2D eigenvalue weighted by molar-refractivity contribution is 7.99. The average molecular weight is 258 g/mol. The Bertz CT molecular complexity index is 280. The molecule has 1 aliphatic heterocycles. The van der Waals surface area contributed by atoms with Gasteiger partial charge in [-0.1, -0.05) is 6.92 Å². The SMILES string of the molecule is CC[C@H](SC)C(=O)N1CCC[C@H](CC(N)=O)C1. The van der Waals surface area contributed by atoms with Gasteiger partial charge in [0.2, 0.25) is 11.8 Å². The molecule has 1 rings (SSSR count). The van der Waals surface area contributed by atoms with E-state index >= 15 is 0 Å². The highest BCUT2D eigenvalue weighted by Crippen LogP contribution is 2.22. The highest BCUT2D eigenvalue weighted by atomic mass is 32.2. The molecular formula is C12H22N2O2S. The van der Waals surface area contributed by atoms with E-state index in [0.717, 1.165) is 25.8 Å². The number of nitrogens with two attached hydrogens (primary N) is 1. The second kappa shape index (κ2) is 6.89. The third-order valence-electron chi connectivity index (χ3n) is 3.25. The second-order valence-electron chi connectivity index (χ2n) is 4.60. The fourth-order valence-corrected chi connectivity index (χ4v) is 3.05. The van der Waals surface area contributed by atoms with E-state index in [0.29, 0.717) is 13.0 Å². The molecule has 98 valence electrons. The second-order valence-corrected chi connectivity index (χ2v) is 5.64. The van der Waals surface area contributed by atoms with Crippen LogP contribution in [-0.2, 0) is 9.59 Å². The predicted molar refractivity (Wildman–Crippen MR) is 70.7 cm³/mol. The number of likely N-dealkylation sites (tertiary alicyclic amines) is 1. The zero-order chi connectivity index (χ0) is 12.8. The van der Waals surface area contributed by atoms with Gasteiger partial charge in [0.05, 0.1) is 5.25 Å². The van der Waals surface area contributed by atoms with Crippen LogP contribution < -0.4 is 5.73 Å². The summed E-state index contributed by atoms with van der Waals surface area (Å²) in [4.78, 5) is 25.0. The van der Waals surface area contributed by atoms with Gasteiger partial charge >= 0.3 is 0 Å². The molecule has 1 fully saturated rings. The molecule has 2 amide bonds. The molecule has 0 radical (unpaired) electrons. The normalized spacial score (nSPS) is 22.2. The van der Waals surface area contributed by atoms with Crippen LogP contribution in [0.4, 0.5) is 0 Å². The fourth-order valence-electron chi connectivity index (χ4n) is 2.36. The summed E-state index contributed by atoms with van der Waals surface area (Å²) in [6.07, 6.45) is 5.21. The van der Waals surface area contributed by atoms with Gasteiger partial charge in [0, 0.05) is 19.5 Å². The smallest absolute Gasteiger partial charge is 0.235 e. The largest absolute Gasteiger partial charge is 0.370 e. The topological polar surface area (TPSA) is 63.4 Å². The lowest BCUT2D eigenvalue weighted by Crippen LogP contribution is -2.44. The van der Waals surface area contributed by atoms with Crippen molar-refractivity contribution in [3.05, 3.63) is 0 Å². The molecule has 2 N–H and O–H groups in total. The van der Waals surface area contributed by atoms with Crippen molar-refractivity contribution in [3.8, 4) is 0 Å². The first-order valence-electron chi connectivity index (χ1n) is 6.18. The van der Waals surface area contributed by atoms with Crippen molar-refractivity contribution in [2.24, 2.45) is 11.7 Å². The lowest BCUT2D eigenvalue weighted by Gasteiger charge is -2.34. The number of thioether (sulfide) groups is 1. The van der Waals surface area contributed by atoms with Crippen molar-refractivity contribution >= 4 is 23.6 Å². The van der Waals surface area contributed by atoms with Crippen LogP contribution in [0, 0.1) is 5.92 Å². The van der Waals surface area contributed by atoms with Gasteiger partial charge in [-0.2, -0.15) is 11.8 Å². The number of carbonyl (C=O) groups excluding carboxylic acids is 2. The van der Waals surface area contributed by atoms with Gasteiger partial charge in [-0.25, -0.2) is 0 Å². The van der Waals surface area contributed by atoms with E-state index in [2.05, 4.69) is 0 Å². The number of carbonyl (C=O) groups is 2. The highest BCUT2D eigenvalue weighted by Gasteiger charge is 2.28. The summed E-state index contributed by atoms with van der Waals surface area (Å²) in [5.41, 5.74) is 5.21. The van der Waals surface area contributed by atoms with Crippen LogP contribution in [0.25, 0.3) is 0 Å². The molecule has 5 heteroatoms. The predicted octanol–water partition coefficient (Wildman–Crippen LogP) is 1.24. The molecule has 0 saturated carbocycles. The quantitative estimate of drug-likeness (QED) is 0.807. The van der Waals surface area contributed by atoms with Crippen LogP contribution in [-0.4, -0.2) is 41.3 Å². The van der Waals surface area contributed by atoms with Crippen molar-refractivity contribution in [3.63, 3.8) is 0 Å². The number of hydrogen-bond acceptors (Lipinski definition) is 3. The summed E-state index contributed by atoms with van der Waals surface area (Å²) in [5.74, 6) is 0.208. The van der Waals surface area contributed by atoms with E-state index in [4.69, 9.17) is 5.73 Å². The number of primary amides is 1. The molecular weight excluding hydrogens is 236 g/mol. The molecule has 0 aliphatic carbocycles. The molecule has 1 aliphatic rings. The molecule has 0 spiro atoms. The maximum atomic E-state index is 12.2. The number of piperidine rings is 1. The van der Waals surface area contributed by atoms with Crippen molar-refractivity contribution in [1.29, 1.82) is 0 Å². The first-order chi connectivity index (χ1) is 8.08. The minimum Gasteiger partial charge on any atom is -0.370 e. The lowest BCUT2D eigenvalue weighted by molar-refractivity contribution is -0.133. The zero-order valence-corrected chi connectivity index (χ0v) is 11.5. The lowest BCUT2D eigenvalue weighted by atomic mass is 9.94. The Kier molecular flexibility index (Phi) is 5.82. The number of nitrogens with zero attached hydrogens (tertiary/aromatic N) is 1. The fraction of sp³-hybridized carbons (Fsp3) is 0.833. The summed E-state index contributed by atoms with van der Waals surface area (Å²) < 4.78 is 0. The molecule has 4 nitrogen and oxygen atoms in total. The molecule has 2 atom stereocenters. The van der Waals surface area contributed by atoms with Crippen molar-refractivity contribution < 1.29 is 9.59 Å². The van der Waals surface area contributed by atoms with E-state index in [1.165, 1.54) is 0 Å². The minimum absolute atomic E-state index is 0.0577. The first-order valence-corrected chi connectivity index (χ1v) is 7.47. The zero-order valence-electron chi connectivity index (χ0n) is 10.6. The Morgan fingerprint density at radius 3 is 2.76 bits per heavy atom. The van der Waals surface area contributed by atoms with Crippen LogP contribution >= 0.6 is 11.8 Å². The Hall–Kier alpha value is -0.710. The number of amides is 2. The summed E-state index contributed by atoms with van der Waals surface area (Å²) in [6.45, 7) is 3.55. The minimum atomic E-state index is -0.263. The van der Waals surface area contributed by atoms with Gasteiger partial charge in [-0.15, -0.1) is 0 Å². The number of hydrogen-bond donors (Lipinski definition) is 1. The molecule has 0 unspecified atom stereocenters. The maximum absolute atomic E-state index is 12.2. The van der Waals surface area contributed by atoms with Crippen LogP contribution in [0.2, 0.25) is 0 Å². The molecule has 1 heterocycles. The van der Waals surface area contributed by atoms with E-state index in [9.17, 15) is 9.59 Å². The Morgan fingerprint density at radius 2 is 2.24 bits per heavy atom. The van der Waals surface area contributed by atoms with E-state index in [-0.39, 0.29) is 23.0 Å². The van der Waals surface area contributed by atoms with Crippen molar-refractivity contribution in [1.82, 2.24) is 4.90 Å². The monoisotopic (exact) mass is 258 g/mol. The molecule has 0 aromatic rings. The van der Waals surface area contributed by atoms with Crippen LogP contribution in [0.5, 0.6) is 0 Å². The number of rotatable bonds is 5. The molecule has 0 aromatic carbocycles. The van der Waals surface area contributed by atoms with E-state index in [1.807, 2.05) is 18.1 Å². The Labute approximate surface area is 107 Å². The van der Waals surface area contributed by atoms with Crippen molar-refractivity contribution in [2.45, 2.75) is 37.9 Å². The molecule has 17 heavy (non-hydrogen) atoms. The van der Waals surface area contributed by atoms with Gasteiger partial charge in [0.1, 0.15) is 0 Å². The van der Waals surface area contributed by atoms with Crippen LogP contribution in [0.15, 0.2) is 0 Å². The summed E-state index contributed by atoms with van der Waals surface area (Å²) >= 11 is 1.60. The molecule has 0 aromatic heterocycles. The van der Waals surface area contributed by atoms with Gasteiger partial charge in [-0.3, -0.25) is 9.59 Å². The van der Waals surface area contributed by atoms with Gasteiger partial charge < -0.3 is 10.6 Å². The maximum Gasteiger partial charge on any atom is 0.235 e. The van der Waals surface area contributed by atoms with E-state index < -0.39 is 0 Å². The molecule has 1 saturated heterocycles. The van der Waals surface area contributed by atoms with Crippen LogP contribution in [0.1, 0.15) is 32.6 Å². The first kappa shape index (κ1) is 14.4. The summed E-state index contributed by atoms with van der Waals surface area (Å²) in [7, 11) is 0. The van der Waals surface area contributed by atoms with Gasteiger partial charge in [0.15, 0.2) is 0 Å². The van der Waals surface area contributed by atoms with E-state index in [1.54, 1.807) is 11.8 Å². The average Bonchev–Trinajstić information content (AvgIpc) is 2.30. The summed E-state index contributed by atoms with van der Waals surface area (Å²) in [6, 6.07) is 0. The standard InChI is InChI=1S/C12H22N2O2S/c1-3-10(17-2)12(16)14-6-4-5-9(8-14)7-11(13)15/h9-10H,3-8H2,1-2H3,(H2,13,15)/t9-,10+/m1/s1. The van der Waals surface area contributed by atoms with Crippen LogP contribution in [0.3, 0.4) is 0 Å². The Balaban J connectivity index is 2.53. The van der Waals surface area contributed by atoms with Gasteiger partial charge in [0.25, 0.3) is 0 Å². The molecule has 0 bridgehead atoms. The third kappa shape index (κ3) is 4.22.